The van der Waals surface area contributed by atoms with Gasteiger partial charge in [-0.25, -0.2) is 9.59 Å². The van der Waals surface area contributed by atoms with E-state index in [4.69, 9.17) is 9.84 Å². The zero-order valence-electron chi connectivity index (χ0n) is 17.4. The van der Waals surface area contributed by atoms with Gasteiger partial charge < -0.3 is 20.5 Å². The van der Waals surface area contributed by atoms with Gasteiger partial charge >= 0.3 is 12.1 Å². The van der Waals surface area contributed by atoms with Crippen LogP contribution in [0.25, 0.3) is 11.1 Å². The lowest BCUT2D eigenvalue weighted by molar-refractivity contribution is -0.143. The van der Waals surface area contributed by atoms with Crippen LogP contribution in [0.5, 0.6) is 0 Å². The van der Waals surface area contributed by atoms with Crippen molar-refractivity contribution in [3.63, 3.8) is 0 Å². The Bertz CT molecular complexity index is 969. The molecule has 1 atom stereocenters. The van der Waals surface area contributed by atoms with Crippen molar-refractivity contribution in [2.45, 2.75) is 37.6 Å². The van der Waals surface area contributed by atoms with Crippen LogP contribution < -0.4 is 10.6 Å². The maximum absolute atomic E-state index is 12.2. The van der Waals surface area contributed by atoms with Crippen LogP contribution in [0.2, 0.25) is 0 Å². The largest absolute Gasteiger partial charge is 0.480 e. The van der Waals surface area contributed by atoms with Crippen LogP contribution in [-0.4, -0.2) is 41.8 Å². The summed E-state index contributed by atoms with van der Waals surface area (Å²) in [6.07, 6.45) is 0.526. The Morgan fingerprint density at radius 2 is 1.65 bits per heavy atom. The zero-order valence-corrected chi connectivity index (χ0v) is 17.4. The van der Waals surface area contributed by atoms with Crippen LogP contribution in [0.15, 0.2) is 48.5 Å². The summed E-state index contributed by atoms with van der Waals surface area (Å²) in [5.74, 6) is -1.47. The first-order valence-corrected chi connectivity index (χ1v) is 10.5. The molecule has 2 aliphatic carbocycles. The number of alkyl carbamates (subject to hydrolysis) is 1. The van der Waals surface area contributed by atoms with E-state index in [1.165, 1.54) is 11.1 Å². The number of hydrogen-bond donors (Lipinski definition) is 3. The normalized spacial score (nSPS) is 16.5. The third kappa shape index (κ3) is 4.40. The fraction of sp³-hybridized carbons (Fsp3) is 0.375. The number of hydrogen-bond acceptors (Lipinski definition) is 4. The van der Waals surface area contributed by atoms with Crippen molar-refractivity contribution < 1.29 is 24.2 Å². The summed E-state index contributed by atoms with van der Waals surface area (Å²) in [5, 5.41) is 14.4. The number of aliphatic carboxylic acids is 1. The average molecular weight is 422 g/mol. The van der Waals surface area contributed by atoms with Gasteiger partial charge in [-0.3, -0.25) is 4.79 Å². The molecule has 2 aliphatic rings. The summed E-state index contributed by atoms with van der Waals surface area (Å²) in [5.41, 5.74) is 3.54. The van der Waals surface area contributed by atoms with E-state index >= 15 is 0 Å². The first-order chi connectivity index (χ1) is 14.9. The molecule has 0 aliphatic heterocycles. The van der Waals surface area contributed by atoms with Crippen molar-refractivity contribution in [2.75, 3.05) is 13.2 Å². The number of nitrogens with one attached hydrogen (secondary N) is 2. The van der Waals surface area contributed by atoms with Crippen molar-refractivity contribution in [1.29, 1.82) is 0 Å². The third-order valence-electron chi connectivity index (χ3n) is 6.01. The second-order valence-electron chi connectivity index (χ2n) is 8.45. The number of rotatable bonds is 8. The van der Waals surface area contributed by atoms with Crippen LogP contribution >= 0.6 is 0 Å². The first kappa shape index (κ1) is 20.9. The molecule has 2 aromatic carbocycles. The Kier molecular flexibility index (Phi) is 5.67. The summed E-state index contributed by atoms with van der Waals surface area (Å²) >= 11 is 0. The second-order valence-corrected chi connectivity index (χ2v) is 8.45. The highest BCUT2D eigenvalue weighted by Crippen LogP contribution is 2.44. The number of amides is 2. The molecule has 7 heteroatoms. The maximum atomic E-state index is 12.2. The molecule has 2 aromatic rings. The predicted molar refractivity (Wildman–Crippen MR) is 115 cm³/mol. The quantitative estimate of drug-likeness (QED) is 0.606. The molecule has 0 aromatic heterocycles. The van der Waals surface area contributed by atoms with Crippen molar-refractivity contribution >= 4 is 18.0 Å². The molecule has 162 valence electrons. The highest BCUT2D eigenvalue weighted by atomic mass is 16.5. The number of ether oxygens (including phenoxy) is 1. The van der Waals surface area contributed by atoms with Gasteiger partial charge in [-0.2, -0.15) is 0 Å². The third-order valence-corrected chi connectivity index (χ3v) is 6.01. The number of carboxylic acids is 1. The van der Waals surface area contributed by atoms with E-state index in [1.807, 2.05) is 31.2 Å². The van der Waals surface area contributed by atoms with Gasteiger partial charge in [-0.1, -0.05) is 55.5 Å². The van der Waals surface area contributed by atoms with E-state index in [-0.39, 0.29) is 37.3 Å². The predicted octanol–water partition coefficient (Wildman–Crippen LogP) is 3.28. The lowest BCUT2D eigenvalue weighted by Gasteiger charge is -2.17. The first-order valence-electron chi connectivity index (χ1n) is 10.5. The Labute approximate surface area is 180 Å². The molecular formula is C24H26N2O5. The molecule has 0 spiro atoms. The number of carboxylic acid groups (broad SMARTS) is 1. The van der Waals surface area contributed by atoms with Crippen LogP contribution in [0.4, 0.5) is 4.79 Å². The molecule has 0 saturated heterocycles. The van der Waals surface area contributed by atoms with E-state index in [1.54, 1.807) is 0 Å². The van der Waals surface area contributed by atoms with Crippen LogP contribution in [0.1, 0.15) is 43.2 Å². The molecule has 0 radical (unpaired) electrons. The molecule has 3 N–H and O–H groups in total. The topological polar surface area (TPSA) is 105 Å². The minimum Gasteiger partial charge on any atom is -0.480 e. The molecule has 1 unspecified atom stereocenters. The SMILES string of the molecule is CC(CNC(=O)OCC1c2ccccc2-c2ccccc21)CC(=O)NC1(C(=O)O)CC1. The Balaban J connectivity index is 1.25. The molecule has 7 nitrogen and oxygen atoms in total. The molecule has 2 amide bonds. The van der Waals surface area contributed by atoms with Gasteiger partial charge in [-0.05, 0) is 41.0 Å². The summed E-state index contributed by atoms with van der Waals surface area (Å²) in [6.45, 7) is 2.32. The van der Waals surface area contributed by atoms with Gasteiger partial charge in [0.25, 0.3) is 0 Å². The van der Waals surface area contributed by atoms with Crippen molar-refractivity contribution in [3.05, 3.63) is 59.7 Å². The van der Waals surface area contributed by atoms with Gasteiger partial charge in [-0.15, -0.1) is 0 Å². The fourth-order valence-electron chi connectivity index (χ4n) is 4.13. The minimum atomic E-state index is -1.09. The Hall–Kier alpha value is -3.35. The Morgan fingerprint density at radius 3 is 2.19 bits per heavy atom. The molecule has 0 heterocycles. The fourth-order valence-corrected chi connectivity index (χ4v) is 4.13. The highest BCUT2D eigenvalue weighted by Gasteiger charge is 2.51. The number of carbonyl (C=O) groups excluding carboxylic acids is 2. The summed E-state index contributed by atoms with van der Waals surface area (Å²) in [4.78, 5) is 35.5. The molecule has 31 heavy (non-hydrogen) atoms. The van der Waals surface area contributed by atoms with E-state index in [2.05, 4.69) is 34.9 Å². The highest BCUT2D eigenvalue weighted by molar-refractivity contribution is 5.89. The molecule has 1 saturated carbocycles. The smallest absolute Gasteiger partial charge is 0.407 e. The average Bonchev–Trinajstić information content (AvgIpc) is 3.46. The van der Waals surface area contributed by atoms with Crippen LogP contribution in [-0.2, 0) is 14.3 Å². The number of benzene rings is 2. The number of carbonyl (C=O) groups is 3. The van der Waals surface area contributed by atoms with E-state index in [0.717, 1.165) is 11.1 Å². The van der Waals surface area contributed by atoms with E-state index in [0.29, 0.717) is 12.8 Å². The molecule has 4 rings (SSSR count). The van der Waals surface area contributed by atoms with Gasteiger partial charge in [0.15, 0.2) is 0 Å². The second kappa shape index (κ2) is 8.41. The van der Waals surface area contributed by atoms with Gasteiger partial charge in [0.05, 0.1) is 0 Å². The van der Waals surface area contributed by atoms with Crippen molar-refractivity contribution in [2.24, 2.45) is 5.92 Å². The summed E-state index contributed by atoms with van der Waals surface area (Å²) in [7, 11) is 0. The van der Waals surface area contributed by atoms with Gasteiger partial charge in [0.1, 0.15) is 12.1 Å². The number of fused-ring (bicyclic) bond motifs is 3. The van der Waals surface area contributed by atoms with Gasteiger partial charge in [0.2, 0.25) is 5.91 Å². The van der Waals surface area contributed by atoms with Crippen molar-refractivity contribution in [3.8, 4) is 11.1 Å². The Morgan fingerprint density at radius 1 is 1.06 bits per heavy atom. The molecule has 1 fully saturated rings. The van der Waals surface area contributed by atoms with E-state index in [9.17, 15) is 14.4 Å². The van der Waals surface area contributed by atoms with Crippen LogP contribution in [0, 0.1) is 5.92 Å². The lowest BCUT2D eigenvalue weighted by Crippen LogP contribution is -2.44. The molecular weight excluding hydrogens is 396 g/mol. The standard InChI is InChI=1S/C24H26N2O5/c1-15(12-21(27)26-24(10-11-24)22(28)29)13-25-23(30)31-14-20-18-8-4-2-6-16(18)17-7-3-5-9-19(17)20/h2-9,15,20H,10-14H2,1H3,(H,25,30)(H,26,27)(H,28,29). The van der Waals surface area contributed by atoms with Crippen molar-refractivity contribution in [1.82, 2.24) is 10.6 Å². The summed E-state index contributed by atoms with van der Waals surface area (Å²) in [6, 6.07) is 16.3. The maximum Gasteiger partial charge on any atom is 0.407 e. The lowest BCUT2D eigenvalue weighted by atomic mass is 9.98. The monoisotopic (exact) mass is 422 g/mol. The molecule has 0 bridgehead atoms. The van der Waals surface area contributed by atoms with Gasteiger partial charge in [0, 0.05) is 18.9 Å². The minimum absolute atomic E-state index is 0.00731. The van der Waals surface area contributed by atoms with Crippen LogP contribution in [0.3, 0.4) is 0 Å². The zero-order chi connectivity index (χ0) is 22.0. The van der Waals surface area contributed by atoms with E-state index < -0.39 is 17.6 Å². The summed E-state index contributed by atoms with van der Waals surface area (Å²) < 4.78 is 5.49.